The van der Waals surface area contributed by atoms with E-state index in [1.54, 1.807) is 31.2 Å². The van der Waals surface area contributed by atoms with Crippen molar-refractivity contribution >= 4 is 5.91 Å². The zero-order valence-corrected chi connectivity index (χ0v) is 12.8. The Morgan fingerprint density at radius 3 is 2.58 bits per heavy atom. The molecule has 0 radical (unpaired) electrons. The van der Waals surface area contributed by atoms with Gasteiger partial charge in [0, 0.05) is 0 Å². The lowest BCUT2D eigenvalue weighted by Crippen LogP contribution is -2.27. The average molecular weight is 328 g/mol. The molecule has 1 heterocycles. The van der Waals surface area contributed by atoms with Crippen molar-refractivity contribution in [3.63, 3.8) is 0 Å². The molecule has 0 bridgehead atoms. The van der Waals surface area contributed by atoms with Crippen LogP contribution in [0.15, 0.2) is 54.7 Å². The van der Waals surface area contributed by atoms with Crippen molar-refractivity contribution in [2.24, 2.45) is 0 Å². The van der Waals surface area contributed by atoms with Gasteiger partial charge in [0.05, 0.1) is 17.9 Å². The van der Waals surface area contributed by atoms with Crippen LogP contribution in [0.2, 0.25) is 0 Å². The van der Waals surface area contributed by atoms with Crippen LogP contribution in [-0.2, 0) is 0 Å². The van der Waals surface area contributed by atoms with Crippen molar-refractivity contribution < 1.29 is 13.6 Å². The number of carbonyl (C=O) groups excluding carboxylic acids is 1. The fraction of sp³-hybridized carbons (Fsp3) is 0.118. The summed E-state index contributed by atoms with van der Waals surface area (Å²) in [6.07, 6.45) is 1.42. The van der Waals surface area contributed by atoms with Gasteiger partial charge in [0.25, 0.3) is 5.91 Å². The van der Waals surface area contributed by atoms with Crippen molar-refractivity contribution in [2.45, 2.75) is 13.0 Å². The molecule has 0 saturated carbocycles. The van der Waals surface area contributed by atoms with Gasteiger partial charge < -0.3 is 5.32 Å². The van der Waals surface area contributed by atoms with Gasteiger partial charge in [-0.25, -0.2) is 13.5 Å². The van der Waals surface area contributed by atoms with Crippen molar-refractivity contribution in [1.29, 1.82) is 0 Å². The van der Waals surface area contributed by atoms with Crippen molar-refractivity contribution in [3.05, 3.63) is 77.6 Å². The van der Waals surface area contributed by atoms with Crippen molar-refractivity contribution in [1.82, 2.24) is 20.3 Å². The van der Waals surface area contributed by atoms with Crippen LogP contribution < -0.4 is 5.32 Å². The minimum Gasteiger partial charge on any atom is -0.344 e. The van der Waals surface area contributed by atoms with Gasteiger partial charge in [-0.3, -0.25) is 4.79 Å². The third-order valence-corrected chi connectivity index (χ3v) is 3.52. The number of halogens is 2. The van der Waals surface area contributed by atoms with E-state index < -0.39 is 11.7 Å². The summed E-state index contributed by atoms with van der Waals surface area (Å²) in [6, 6.07) is 11.3. The molecule has 0 spiro atoms. The first kappa shape index (κ1) is 15.8. The summed E-state index contributed by atoms with van der Waals surface area (Å²) >= 11 is 0. The van der Waals surface area contributed by atoms with E-state index in [0.717, 1.165) is 5.56 Å². The molecule has 2 aromatic carbocycles. The van der Waals surface area contributed by atoms with E-state index in [0.29, 0.717) is 5.69 Å². The normalized spacial score (nSPS) is 12.0. The fourth-order valence-electron chi connectivity index (χ4n) is 2.22. The SMILES string of the molecule is C[C@@H](NC(=O)c1cn(-c2cccc(F)c2)nn1)c1ccc(F)cc1. The van der Waals surface area contributed by atoms with Gasteiger partial charge in [0.2, 0.25) is 0 Å². The highest BCUT2D eigenvalue weighted by Gasteiger charge is 2.15. The molecule has 0 aliphatic carbocycles. The number of aromatic nitrogens is 3. The van der Waals surface area contributed by atoms with E-state index in [1.807, 2.05) is 0 Å². The van der Waals surface area contributed by atoms with Crippen molar-refractivity contribution in [3.8, 4) is 5.69 Å². The molecule has 1 atom stereocenters. The summed E-state index contributed by atoms with van der Waals surface area (Å²) in [5.74, 6) is -1.16. The van der Waals surface area contributed by atoms with Gasteiger partial charge in [-0.1, -0.05) is 23.4 Å². The first-order valence-electron chi connectivity index (χ1n) is 7.27. The third kappa shape index (κ3) is 3.45. The topological polar surface area (TPSA) is 59.8 Å². The molecule has 0 fully saturated rings. The highest BCUT2D eigenvalue weighted by atomic mass is 19.1. The zero-order valence-electron chi connectivity index (χ0n) is 12.8. The van der Waals surface area contributed by atoms with Crippen LogP contribution in [0.4, 0.5) is 8.78 Å². The monoisotopic (exact) mass is 328 g/mol. The molecule has 3 aromatic rings. The second-order valence-corrected chi connectivity index (χ2v) is 5.27. The molecular weight excluding hydrogens is 314 g/mol. The molecule has 1 N–H and O–H groups in total. The molecule has 24 heavy (non-hydrogen) atoms. The molecule has 1 amide bonds. The van der Waals surface area contributed by atoms with E-state index in [2.05, 4.69) is 15.6 Å². The van der Waals surface area contributed by atoms with E-state index in [1.165, 1.54) is 35.1 Å². The number of nitrogens with one attached hydrogen (secondary N) is 1. The maximum Gasteiger partial charge on any atom is 0.273 e. The molecule has 3 rings (SSSR count). The molecule has 1 aromatic heterocycles. The maximum absolute atomic E-state index is 13.2. The average Bonchev–Trinajstić information content (AvgIpc) is 3.05. The van der Waals surface area contributed by atoms with Gasteiger partial charge in [-0.15, -0.1) is 5.10 Å². The Labute approximate surface area is 136 Å². The highest BCUT2D eigenvalue weighted by molar-refractivity contribution is 5.92. The van der Waals surface area contributed by atoms with Gasteiger partial charge >= 0.3 is 0 Å². The van der Waals surface area contributed by atoms with E-state index in [-0.39, 0.29) is 17.6 Å². The van der Waals surface area contributed by atoms with Gasteiger partial charge in [0.15, 0.2) is 5.69 Å². The first-order valence-corrected chi connectivity index (χ1v) is 7.27. The quantitative estimate of drug-likeness (QED) is 0.801. The van der Waals surface area contributed by atoms with Crippen LogP contribution >= 0.6 is 0 Å². The Hall–Kier alpha value is -3.09. The predicted octanol–water partition coefficient (Wildman–Crippen LogP) is 3.04. The lowest BCUT2D eigenvalue weighted by molar-refractivity contribution is 0.0934. The number of hydrogen-bond acceptors (Lipinski definition) is 3. The smallest absolute Gasteiger partial charge is 0.273 e. The lowest BCUT2D eigenvalue weighted by atomic mass is 10.1. The van der Waals surface area contributed by atoms with Gasteiger partial charge in [0.1, 0.15) is 11.6 Å². The maximum atomic E-state index is 13.2. The van der Waals surface area contributed by atoms with Crippen LogP contribution in [0.3, 0.4) is 0 Å². The molecule has 0 saturated heterocycles. The van der Waals surface area contributed by atoms with Crippen LogP contribution in [0, 0.1) is 11.6 Å². The number of rotatable bonds is 4. The molecule has 0 unspecified atom stereocenters. The van der Waals surface area contributed by atoms with Crippen LogP contribution in [0.25, 0.3) is 5.69 Å². The summed E-state index contributed by atoms with van der Waals surface area (Å²) in [7, 11) is 0. The van der Waals surface area contributed by atoms with E-state index >= 15 is 0 Å². The Kier molecular flexibility index (Phi) is 4.33. The standard InChI is InChI=1S/C17H14F2N4O/c1-11(12-5-7-13(18)8-6-12)20-17(24)16-10-23(22-21-16)15-4-2-3-14(19)9-15/h2-11H,1H3,(H,20,24)/t11-/m1/s1. The van der Waals surface area contributed by atoms with Crippen molar-refractivity contribution in [2.75, 3.05) is 0 Å². The third-order valence-electron chi connectivity index (χ3n) is 3.52. The molecular formula is C17H14F2N4O. The second kappa shape index (κ2) is 6.57. The summed E-state index contributed by atoms with van der Waals surface area (Å²) in [5.41, 5.74) is 1.34. The highest BCUT2D eigenvalue weighted by Crippen LogP contribution is 2.14. The predicted molar refractivity (Wildman–Crippen MR) is 83.6 cm³/mol. The summed E-state index contributed by atoms with van der Waals surface area (Å²) in [4.78, 5) is 12.2. The largest absolute Gasteiger partial charge is 0.344 e. The van der Waals surface area contributed by atoms with E-state index in [9.17, 15) is 13.6 Å². The van der Waals surface area contributed by atoms with Gasteiger partial charge in [-0.05, 0) is 42.8 Å². The molecule has 122 valence electrons. The zero-order chi connectivity index (χ0) is 17.1. The summed E-state index contributed by atoms with van der Waals surface area (Å²) < 4.78 is 27.5. The Morgan fingerprint density at radius 1 is 1.12 bits per heavy atom. The number of benzene rings is 2. The van der Waals surface area contributed by atoms with Gasteiger partial charge in [-0.2, -0.15) is 0 Å². The molecule has 5 nitrogen and oxygen atoms in total. The molecule has 7 heteroatoms. The van der Waals surface area contributed by atoms with E-state index in [4.69, 9.17) is 0 Å². The molecule has 0 aliphatic heterocycles. The fourth-order valence-corrected chi connectivity index (χ4v) is 2.22. The lowest BCUT2D eigenvalue weighted by Gasteiger charge is -2.13. The summed E-state index contributed by atoms with van der Waals surface area (Å²) in [5, 5.41) is 10.4. The number of carbonyl (C=O) groups is 1. The Balaban J connectivity index is 1.73. The Morgan fingerprint density at radius 2 is 1.88 bits per heavy atom. The number of hydrogen-bond donors (Lipinski definition) is 1. The minimum absolute atomic E-state index is 0.105. The minimum atomic E-state index is -0.422. The first-order chi connectivity index (χ1) is 11.5. The number of amides is 1. The number of nitrogens with zero attached hydrogens (tertiary/aromatic N) is 3. The van der Waals surface area contributed by atoms with Crippen LogP contribution in [0.1, 0.15) is 29.0 Å². The van der Waals surface area contributed by atoms with Crippen LogP contribution in [0.5, 0.6) is 0 Å². The summed E-state index contributed by atoms with van der Waals surface area (Å²) in [6.45, 7) is 1.78. The van der Waals surface area contributed by atoms with Crippen LogP contribution in [-0.4, -0.2) is 20.9 Å². The Bertz CT molecular complexity index is 861. The second-order valence-electron chi connectivity index (χ2n) is 5.27. The molecule has 0 aliphatic rings.